The lowest BCUT2D eigenvalue weighted by Gasteiger charge is -2.31. The van der Waals surface area contributed by atoms with Crippen LogP contribution in [0.15, 0.2) is 60.7 Å². The maximum Gasteiger partial charge on any atom is 0.353 e. The van der Waals surface area contributed by atoms with Gasteiger partial charge >= 0.3 is 8.56 Å². The molecule has 2 atom stereocenters. The lowest BCUT2D eigenvalue weighted by Crippen LogP contribution is -2.45. The van der Waals surface area contributed by atoms with Crippen LogP contribution in [0.25, 0.3) is 0 Å². The number of hydrogen-bond acceptors (Lipinski definition) is 2. The zero-order chi connectivity index (χ0) is 14.1. The minimum atomic E-state index is -2.21. The molecule has 2 aliphatic rings. The first-order valence-corrected chi connectivity index (χ1v) is 9.75. The number of benzene rings is 2. The van der Waals surface area contributed by atoms with E-state index in [1.807, 2.05) is 0 Å². The Balaban J connectivity index is 1.75. The number of rotatable bonds is 2. The first-order chi connectivity index (χ1) is 10.4. The van der Waals surface area contributed by atoms with E-state index in [2.05, 4.69) is 60.7 Å². The van der Waals surface area contributed by atoms with Gasteiger partial charge in [0.2, 0.25) is 0 Å². The molecule has 2 saturated heterocycles. The summed E-state index contributed by atoms with van der Waals surface area (Å²) in [7, 11) is -2.21. The van der Waals surface area contributed by atoms with Crippen molar-refractivity contribution in [3.63, 3.8) is 0 Å². The molecule has 2 aliphatic heterocycles. The van der Waals surface area contributed by atoms with Crippen LogP contribution in [0, 0.1) is 0 Å². The van der Waals surface area contributed by atoms with Crippen molar-refractivity contribution in [3.8, 4) is 0 Å². The van der Waals surface area contributed by atoms with E-state index < -0.39 is 8.56 Å². The minimum Gasteiger partial charge on any atom is -0.391 e. The maximum absolute atomic E-state index is 6.35. The maximum atomic E-state index is 6.35. The molecule has 2 nitrogen and oxygen atoms in total. The van der Waals surface area contributed by atoms with E-state index in [-0.39, 0.29) is 0 Å². The highest BCUT2D eigenvalue weighted by Crippen LogP contribution is 2.52. The Morgan fingerprint density at radius 3 is 1.52 bits per heavy atom. The normalized spacial score (nSPS) is 27.2. The molecule has 108 valence electrons. The van der Waals surface area contributed by atoms with E-state index in [4.69, 9.17) is 8.85 Å². The monoisotopic (exact) mass is 296 g/mol. The van der Waals surface area contributed by atoms with Crippen LogP contribution in [0.5, 0.6) is 0 Å². The Kier molecular flexibility index (Phi) is 3.41. The molecule has 2 unspecified atom stereocenters. The minimum absolute atomic E-state index is 0.464. The molecule has 0 aromatic heterocycles. The van der Waals surface area contributed by atoms with Crippen LogP contribution in [0.4, 0.5) is 0 Å². The molecular formula is C18H20O2Si. The van der Waals surface area contributed by atoms with E-state index in [0.29, 0.717) is 11.1 Å². The van der Waals surface area contributed by atoms with Crippen LogP contribution in [0.1, 0.15) is 35.1 Å². The van der Waals surface area contributed by atoms with Gasteiger partial charge in [0.15, 0.2) is 0 Å². The largest absolute Gasteiger partial charge is 0.391 e. The molecule has 2 heterocycles. The van der Waals surface area contributed by atoms with E-state index in [0.717, 1.165) is 13.2 Å². The summed E-state index contributed by atoms with van der Waals surface area (Å²) in [6.07, 6.45) is 2.35. The zero-order valence-corrected chi connectivity index (χ0v) is 13.1. The Labute approximate surface area is 127 Å². The molecule has 1 spiro atoms. The summed E-state index contributed by atoms with van der Waals surface area (Å²) in [4.78, 5) is 0. The summed E-state index contributed by atoms with van der Waals surface area (Å²) < 4.78 is 12.7. The van der Waals surface area contributed by atoms with E-state index in [1.54, 1.807) is 0 Å². The summed E-state index contributed by atoms with van der Waals surface area (Å²) in [6.45, 7) is 1.53. The Morgan fingerprint density at radius 2 is 1.10 bits per heavy atom. The summed E-state index contributed by atoms with van der Waals surface area (Å²) in [6, 6.07) is 21.6. The fourth-order valence-corrected chi connectivity index (χ4v) is 8.62. The lowest BCUT2D eigenvalue weighted by atomic mass is 10.0. The molecule has 4 rings (SSSR count). The van der Waals surface area contributed by atoms with Crippen LogP contribution >= 0.6 is 0 Å². The Hall–Kier alpha value is -1.42. The van der Waals surface area contributed by atoms with Gasteiger partial charge in [-0.25, -0.2) is 0 Å². The summed E-state index contributed by atoms with van der Waals surface area (Å²) in [5.74, 6) is 0. The van der Waals surface area contributed by atoms with Crippen molar-refractivity contribution < 1.29 is 8.85 Å². The zero-order valence-electron chi connectivity index (χ0n) is 12.1. The van der Waals surface area contributed by atoms with Gasteiger partial charge in [-0.1, -0.05) is 60.7 Å². The highest BCUT2D eigenvalue weighted by molar-refractivity contribution is 6.71. The van der Waals surface area contributed by atoms with Gasteiger partial charge in [-0.2, -0.15) is 0 Å². The van der Waals surface area contributed by atoms with Crippen LogP contribution in [-0.2, 0) is 8.85 Å². The number of hydrogen-bond donors (Lipinski definition) is 0. The standard InChI is InChI=1S/C18H20O2Si/c1-3-7-15(8-4-1)17-11-12-18(16-9-5-2-6-10-16)21(17)19-13-14-20-21/h1-10,17-18H,11-14H2. The van der Waals surface area contributed by atoms with Crippen molar-refractivity contribution in [3.05, 3.63) is 71.8 Å². The second kappa shape index (κ2) is 5.41. The Morgan fingerprint density at radius 1 is 0.667 bits per heavy atom. The van der Waals surface area contributed by atoms with E-state index >= 15 is 0 Å². The van der Waals surface area contributed by atoms with Crippen LogP contribution in [0.3, 0.4) is 0 Å². The second-order valence-corrected chi connectivity index (χ2v) is 9.34. The molecule has 0 saturated carbocycles. The average molecular weight is 296 g/mol. The highest BCUT2D eigenvalue weighted by atomic mass is 28.4. The molecule has 21 heavy (non-hydrogen) atoms. The van der Waals surface area contributed by atoms with Gasteiger partial charge in [0.1, 0.15) is 0 Å². The third-order valence-electron chi connectivity index (χ3n) is 4.86. The molecule has 2 fully saturated rings. The van der Waals surface area contributed by atoms with Crippen molar-refractivity contribution in [1.29, 1.82) is 0 Å². The quantitative estimate of drug-likeness (QED) is 0.782. The smallest absolute Gasteiger partial charge is 0.353 e. The molecule has 0 bridgehead atoms. The molecule has 2 aromatic rings. The van der Waals surface area contributed by atoms with Crippen molar-refractivity contribution in [2.75, 3.05) is 13.2 Å². The third kappa shape index (κ3) is 2.16. The summed E-state index contributed by atoms with van der Waals surface area (Å²) in [5, 5.41) is 0. The molecule has 0 radical (unpaired) electrons. The summed E-state index contributed by atoms with van der Waals surface area (Å²) in [5.41, 5.74) is 3.71. The fraction of sp³-hybridized carbons (Fsp3) is 0.333. The van der Waals surface area contributed by atoms with Crippen molar-refractivity contribution in [2.24, 2.45) is 0 Å². The van der Waals surface area contributed by atoms with Crippen LogP contribution < -0.4 is 0 Å². The summed E-state index contributed by atoms with van der Waals surface area (Å²) >= 11 is 0. The van der Waals surface area contributed by atoms with Gasteiger partial charge in [0.25, 0.3) is 0 Å². The first kappa shape index (κ1) is 13.3. The van der Waals surface area contributed by atoms with Gasteiger partial charge in [0.05, 0.1) is 13.2 Å². The van der Waals surface area contributed by atoms with Gasteiger partial charge in [-0.05, 0) is 24.0 Å². The lowest BCUT2D eigenvalue weighted by molar-refractivity contribution is 0.316. The van der Waals surface area contributed by atoms with Gasteiger partial charge < -0.3 is 8.85 Å². The van der Waals surface area contributed by atoms with Gasteiger partial charge in [-0.3, -0.25) is 0 Å². The van der Waals surface area contributed by atoms with Crippen LogP contribution in [0.2, 0.25) is 0 Å². The Bertz CT molecular complexity index is 544. The molecule has 3 heteroatoms. The van der Waals surface area contributed by atoms with E-state index in [9.17, 15) is 0 Å². The van der Waals surface area contributed by atoms with Crippen molar-refractivity contribution >= 4 is 8.56 Å². The highest BCUT2D eigenvalue weighted by Gasteiger charge is 2.59. The molecule has 0 N–H and O–H groups in total. The average Bonchev–Trinajstić information content (AvgIpc) is 3.18. The van der Waals surface area contributed by atoms with Crippen LogP contribution in [-0.4, -0.2) is 21.8 Å². The van der Waals surface area contributed by atoms with Crippen molar-refractivity contribution in [2.45, 2.75) is 23.9 Å². The van der Waals surface area contributed by atoms with Crippen molar-refractivity contribution in [1.82, 2.24) is 0 Å². The molecule has 2 aromatic carbocycles. The molecule has 0 aliphatic carbocycles. The predicted octanol–water partition coefficient (Wildman–Crippen LogP) is 3.92. The second-order valence-electron chi connectivity index (χ2n) is 5.92. The first-order valence-electron chi connectivity index (χ1n) is 7.78. The molecule has 0 amide bonds. The molecular weight excluding hydrogens is 276 g/mol. The predicted molar refractivity (Wildman–Crippen MR) is 85.3 cm³/mol. The SMILES string of the molecule is c1ccc(C2CCC(c3ccccc3)[Si]23OCCO3)cc1. The third-order valence-corrected chi connectivity index (χ3v) is 9.36. The topological polar surface area (TPSA) is 18.5 Å². The fourth-order valence-electron chi connectivity index (χ4n) is 3.99. The van der Waals surface area contributed by atoms with Gasteiger partial charge in [0, 0.05) is 11.1 Å². The van der Waals surface area contributed by atoms with E-state index in [1.165, 1.54) is 24.0 Å². The van der Waals surface area contributed by atoms with Gasteiger partial charge in [-0.15, -0.1) is 0 Å².